The molecule has 0 saturated heterocycles. The maximum absolute atomic E-state index is 13.6. The number of carbonyl (C=O) groups excluding carboxylic acids is 2. The van der Waals surface area contributed by atoms with Crippen LogP contribution in [0, 0.1) is 12.8 Å². The molecular weight excluding hydrogens is 450 g/mol. The van der Waals surface area contributed by atoms with Crippen LogP contribution in [0.1, 0.15) is 44.4 Å². The first-order valence-electron chi connectivity index (χ1n) is 11.6. The van der Waals surface area contributed by atoms with Crippen LogP contribution in [0.15, 0.2) is 48.5 Å². The van der Waals surface area contributed by atoms with Gasteiger partial charge in [-0.25, -0.2) is 8.42 Å². The van der Waals surface area contributed by atoms with Crippen molar-refractivity contribution in [2.75, 3.05) is 23.7 Å². The summed E-state index contributed by atoms with van der Waals surface area (Å²) in [5.41, 5.74) is 3.20. The van der Waals surface area contributed by atoms with E-state index in [-0.39, 0.29) is 24.9 Å². The Bertz CT molecular complexity index is 1100. The number of aryl methyl sites for hydroxylation is 2. The second-order valence-electron chi connectivity index (χ2n) is 9.01. The number of rotatable bonds is 11. The predicted molar refractivity (Wildman–Crippen MR) is 137 cm³/mol. The summed E-state index contributed by atoms with van der Waals surface area (Å²) < 4.78 is 26.6. The minimum atomic E-state index is -3.74. The minimum Gasteiger partial charge on any atom is -0.354 e. The highest BCUT2D eigenvalue weighted by molar-refractivity contribution is 7.92. The first kappa shape index (κ1) is 27.4. The van der Waals surface area contributed by atoms with E-state index >= 15 is 0 Å². The van der Waals surface area contributed by atoms with Gasteiger partial charge in [0.15, 0.2) is 0 Å². The monoisotopic (exact) mass is 487 g/mol. The second-order valence-corrected chi connectivity index (χ2v) is 10.9. The Kier molecular flexibility index (Phi) is 9.67. The highest BCUT2D eigenvalue weighted by Crippen LogP contribution is 2.24. The molecule has 186 valence electrons. The van der Waals surface area contributed by atoms with Gasteiger partial charge in [0, 0.05) is 13.1 Å². The lowest BCUT2D eigenvalue weighted by Gasteiger charge is -2.32. The van der Waals surface area contributed by atoms with Gasteiger partial charge in [0.1, 0.15) is 12.6 Å². The maximum Gasteiger partial charge on any atom is 0.244 e. The second kappa shape index (κ2) is 12.0. The van der Waals surface area contributed by atoms with Gasteiger partial charge in [-0.05, 0) is 48.9 Å². The molecule has 0 heterocycles. The van der Waals surface area contributed by atoms with Crippen LogP contribution in [-0.2, 0) is 32.6 Å². The smallest absolute Gasteiger partial charge is 0.244 e. The van der Waals surface area contributed by atoms with Gasteiger partial charge in [-0.2, -0.15) is 0 Å². The number of carbonyl (C=O) groups is 2. The van der Waals surface area contributed by atoms with Crippen molar-refractivity contribution in [3.63, 3.8) is 0 Å². The van der Waals surface area contributed by atoms with Crippen LogP contribution in [-0.4, -0.2) is 50.5 Å². The van der Waals surface area contributed by atoms with E-state index in [1.165, 1.54) is 4.90 Å². The molecule has 2 amide bonds. The van der Waals surface area contributed by atoms with Crippen molar-refractivity contribution in [3.8, 4) is 0 Å². The van der Waals surface area contributed by atoms with E-state index in [1.54, 1.807) is 19.1 Å². The molecule has 0 saturated carbocycles. The van der Waals surface area contributed by atoms with Gasteiger partial charge in [-0.1, -0.05) is 63.2 Å². The molecule has 0 aliphatic heterocycles. The standard InChI is InChI=1S/C26H37N3O4S/c1-7-22-13-10-11-15-24(22)29(34(6,32)33)18-25(30)28(17-23-14-9-8-12-20(23)4)21(5)26(31)27-16-19(2)3/h8-15,19,21H,7,16-18H2,1-6H3,(H,27,31). The normalized spacial score (nSPS) is 12.3. The summed E-state index contributed by atoms with van der Waals surface area (Å²) in [5.74, 6) is -0.440. The molecule has 34 heavy (non-hydrogen) atoms. The van der Waals surface area contributed by atoms with Crippen molar-refractivity contribution >= 4 is 27.5 Å². The van der Waals surface area contributed by atoms with Crippen LogP contribution in [0.4, 0.5) is 5.69 Å². The number of para-hydroxylation sites is 1. The van der Waals surface area contributed by atoms with E-state index in [9.17, 15) is 18.0 Å². The van der Waals surface area contributed by atoms with Crippen molar-refractivity contribution < 1.29 is 18.0 Å². The molecule has 8 heteroatoms. The molecular formula is C26H37N3O4S. The van der Waals surface area contributed by atoms with Crippen molar-refractivity contribution in [1.82, 2.24) is 10.2 Å². The molecule has 0 bridgehead atoms. The van der Waals surface area contributed by atoms with Gasteiger partial charge >= 0.3 is 0 Å². The van der Waals surface area contributed by atoms with E-state index < -0.39 is 22.0 Å². The molecule has 2 aromatic rings. The minimum absolute atomic E-state index is 0.203. The van der Waals surface area contributed by atoms with Gasteiger partial charge in [0.05, 0.1) is 11.9 Å². The van der Waals surface area contributed by atoms with Crippen LogP contribution in [0.2, 0.25) is 0 Å². The zero-order chi connectivity index (χ0) is 25.5. The van der Waals surface area contributed by atoms with E-state index in [2.05, 4.69) is 5.32 Å². The number of sulfonamides is 1. The Hall–Kier alpha value is -2.87. The molecule has 0 aliphatic rings. The molecule has 0 radical (unpaired) electrons. The highest BCUT2D eigenvalue weighted by Gasteiger charge is 2.30. The largest absolute Gasteiger partial charge is 0.354 e. The highest BCUT2D eigenvalue weighted by atomic mass is 32.2. The molecule has 2 aromatic carbocycles. The molecule has 0 aliphatic carbocycles. The maximum atomic E-state index is 13.6. The van der Waals surface area contributed by atoms with E-state index in [1.807, 2.05) is 64.1 Å². The quantitative estimate of drug-likeness (QED) is 0.525. The van der Waals surface area contributed by atoms with Gasteiger partial charge in [0.2, 0.25) is 21.8 Å². The third-order valence-corrected chi connectivity index (χ3v) is 6.90. The molecule has 0 spiro atoms. The number of nitrogens with one attached hydrogen (secondary N) is 1. The zero-order valence-electron chi connectivity index (χ0n) is 21.0. The summed E-state index contributed by atoms with van der Waals surface area (Å²) in [6.45, 7) is 9.87. The Labute approximate surface area is 204 Å². The average molecular weight is 488 g/mol. The van der Waals surface area contributed by atoms with E-state index in [0.29, 0.717) is 18.7 Å². The Morgan fingerprint density at radius 1 is 0.971 bits per heavy atom. The fourth-order valence-corrected chi connectivity index (χ4v) is 4.53. The van der Waals surface area contributed by atoms with Crippen molar-refractivity contribution in [2.24, 2.45) is 5.92 Å². The zero-order valence-corrected chi connectivity index (χ0v) is 21.9. The molecule has 0 fully saturated rings. The summed E-state index contributed by atoms with van der Waals surface area (Å²) in [5, 5.41) is 2.89. The summed E-state index contributed by atoms with van der Waals surface area (Å²) in [4.78, 5) is 28.0. The molecule has 2 rings (SSSR count). The average Bonchev–Trinajstić information content (AvgIpc) is 2.79. The van der Waals surface area contributed by atoms with Crippen molar-refractivity contribution in [2.45, 2.75) is 53.6 Å². The summed E-state index contributed by atoms with van der Waals surface area (Å²) in [7, 11) is -3.74. The van der Waals surface area contributed by atoms with Gasteiger partial charge in [0.25, 0.3) is 0 Å². The van der Waals surface area contributed by atoms with Gasteiger partial charge in [-0.15, -0.1) is 0 Å². The van der Waals surface area contributed by atoms with Crippen molar-refractivity contribution in [1.29, 1.82) is 0 Å². The number of hydrogen-bond acceptors (Lipinski definition) is 4. The van der Waals surface area contributed by atoms with Crippen LogP contribution in [0.25, 0.3) is 0 Å². The fraction of sp³-hybridized carbons (Fsp3) is 0.462. The number of anilines is 1. The number of hydrogen-bond donors (Lipinski definition) is 1. The third kappa shape index (κ3) is 7.32. The van der Waals surface area contributed by atoms with E-state index in [0.717, 1.165) is 27.3 Å². The van der Waals surface area contributed by atoms with Crippen molar-refractivity contribution in [3.05, 3.63) is 65.2 Å². The molecule has 0 aromatic heterocycles. The number of benzene rings is 2. The summed E-state index contributed by atoms with van der Waals surface area (Å²) >= 11 is 0. The lowest BCUT2D eigenvalue weighted by Crippen LogP contribution is -2.51. The predicted octanol–water partition coefficient (Wildman–Crippen LogP) is 3.51. The number of nitrogens with zero attached hydrogens (tertiary/aromatic N) is 2. The molecule has 1 atom stereocenters. The first-order chi connectivity index (χ1) is 16.0. The lowest BCUT2D eigenvalue weighted by molar-refractivity contribution is -0.139. The SMILES string of the molecule is CCc1ccccc1N(CC(=O)N(Cc1ccccc1C)C(C)C(=O)NCC(C)C)S(C)(=O)=O. The van der Waals surface area contributed by atoms with Crippen LogP contribution < -0.4 is 9.62 Å². The van der Waals surface area contributed by atoms with Crippen LogP contribution in [0.5, 0.6) is 0 Å². The fourth-order valence-electron chi connectivity index (χ4n) is 3.65. The van der Waals surface area contributed by atoms with E-state index in [4.69, 9.17) is 0 Å². The van der Waals surface area contributed by atoms with Gasteiger partial charge < -0.3 is 10.2 Å². The lowest BCUT2D eigenvalue weighted by atomic mass is 10.1. The summed E-state index contributed by atoms with van der Waals surface area (Å²) in [6, 6.07) is 14.0. The molecule has 1 N–H and O–H groups in total. The Morgan fingerprint density at radius 3 is 2.12 bits per heavy atom. The Morgan fingerprint density at radius 2 is 1.56 bits per heavy atom. The molecule has 1 unspecified atom stereocenters. The van der Waals surface area contributed by atoms with Crippen LogP contribution >= 0.6 is 0 Å². The third-order valence-electron chi connectivity index (χ3n) is 5.77. The topological polar surface area (TPSA) is 86.8 Å². The van der Waals surface area contributed by atoms with Crippen LogP contribution in [0.3, 0.4) is 0 Å². The van der Waals surface area contributed by atoms with Gasteiger partial charge in [-0.3, -0.25) is 13.9 Å². The molecule has 7 nitrogen and oxygen atoms in total. The summed E-state index contributed by atoms with van der Waals surface area (Å²) in [6.07, 6.45) is 1.72. The number of amides is 2. The Balaban J connectivity index is 2.42. The first-order valence-corrected chi connectivity index (χ1v) is 13.5.